The summed E-state index contributed by atoms with van der Waals surface area (Å²) >= 11 is 0. The molecular weight excluding hydrogens is 264 g/mol. The lowest BCUT2D eigenvalue weighted by molar-refractivity contribution is -0.131. The van der Waals surface area contributed by atoms with Crippen molar-refractivity contribution in [2.45, 2.75) is 26.2 Å². The number of methoxy groups -OCH3 is 1. The fourth-order valence-corrected chi connectivity index (χ4v) is 3.00. The fourth-order valence-electron chi connectivity index (χ4n) is 3.00. The van der Waals surface area contributed by atoms with Crippen molar-refractivity contribution in [2.24, 2.45) is 17.6 Å². The maximum absolute atomic E-state index is 12.3. The molecule has 1 saturated heterocycles. The van der Waals surface area contributed by atoms with E-state index in [4.69, 9.17) is 10.5 Å². The molecule has 1 fully saturated rings. The van der Waals surface area contributed by atoms with E-state index in [1.165, 1.54) is 5.56 Å². The van der Waals surface area contributed by atoms with E-state index in [2.05, 4.69) is 13.0 Å². The van der Waals surface area contributed by atoms with Crippen LogP contribution in [0.2, 0.25) is 0 Å². The Morgan fingerprint density at radius 1 is 1.48 bits per heavy atom. The van der Waals surface area contributed by atoms with Crippen molar-refractivity contribution in [2.75, 3.05) is 26.7 Å². The van der Waals surface area contributed by atoms with Gasteiger partial charge in [-0.05, 0) is 42.9 Å². The van der Waals surface area contributed by atoms with Gasteiger partial charge in [0.2, 0.25) is 5.91 Å². The lowest BCUT2D eigenvalue weighted by Crippen LogP contribution is -2.31. The van der Waals surface area contributed by atoms with Gasteiger partial charge in [0, 0.05) is 19.5 Å². The zero-order valence-electron chi connectivity index (χ0n) is 13.0. The molecule has 0 aromatic heterocycles. The van der Waals surface area contributed by atoms with Crippen LogP contribution in [0.15, 0.2) is 24.3 Å². The van der Waals surface area contributed by atoms with Crippen LogP contribution < -0.4 is 10.5 Å². The summed E-state index contributed by atoms with van der Waals surface area (Å²) in [5, 5.41) is 0. The number of nitrogens with zero attached hydrogens (tertiary/aromatic N) is 1. The summed E-state index contributed by atoms with van der Waals surface area (Å²) in [5.41, 5.74) is 6.85. The third kappa shape index (κ3) is 4.21. The van der Waals surface area contributed by atoms with Gasteiger partial charge in [-0.3, -0.25) is 4.79 Å². The fraction of sp³-hybridized carbons (Fsp3) is 0.588. The van der Waals surface area contributed by atoms with E-state index < -0.39 is 0 Å². The Kier molecular flexibility index (Phi) is 5.62. The molecule has 1 amide bonds. The first-order valence-electron chi connectivity index (χ1n) is 7.73. The van der Waals surface area contributed by atoms with Crippen LogP contribution in [0.3, 0.4) is 0 Å². The van der Waals surface area contributed by atoms with E-state index in [-0.39, 0.29) is 5.91 Å². The second kappa shape index (κ2) is 7.46. The first-order chi connectivity index (χ1) is 10.1. The molecule has 2 rings (SSSR count). The molecular formula is C17H26N2O2. The highest BCUT2D eigenvalue weighted by Crippen LogP contribution is 2.23. The van der Waals surface area contributed by atoms with Crippen LogP contribution in [-0.2, 0) is 11.2 Å². The Hall–Kier alpha value is -1.55. The lowest BCUT2D eigenvalue weighted by Gasteiger charge is -2.19. The van der Waals surface area contributed by atoms with E-state index in [1.807, 2.05) is 23.1 Å². The molecule has 2 atom stereocenters. The number of rotatable bonds is 6. The van der Waals surface area contributed by atoms with Crippen molar-refractivity contribution in [3.05, 3.63) is 29.8 Å². The molecule has 0 spiro atoms. The van der Waals surface area contributed by atoms with Crippen LogP contribution in [0.1, 0.15) is 25.3 Å². The molecule has 21 heavy (non-hydrogen) atoms. The molecule has 0 bridgehead atoms. The standard InChI is InChI=1S/C17H26N2O2/c1-13(9-15-5-3-4-6-16(15)21-2)10-17(20)19-8-7-14(11-18)12-19/h3-6,13-14H,7-12,18H2,1-2H3/t13-,14+/m0/s1. The summed E-state index contributed by atoms with van der Waals surface area (Å²) in [6, 6.07) is 8.02. The molecule has 2 N–H and O–H groups in total. The number of benzene rings is 1. The summed E-state index contributed by atoms with van der Waals surface area (Å²) in [6.45, 7) is 4.50. The Morgan fingerprint density at radius 3 is 2.90 bits per heavy atom. The minimum Gasteiger partial charge on any atom is -0.496 e. The van der Waals surface area contributed by atoms with Gasteiger partial charge in [0.1, 0.15) is 5.75 Å². The van der Waals surface area contributed by atoms with E-state index in [0.29, 0.717) is 24.8 Å². The van der Waals surface area contributed by atoms with Gasteiger partial charge in [-0.1, -0.05) is 25.1 Å². The predicted octanol–water partition coefficient (Wildman–Crippen LogP) is 2.07. The van der Waals surface area contributed by atoms with Gasteiger partial charge in [-0.2, -0.15) is 0 Å². The number of hydrogen-bond acceptors (Lipinski definition) is 3. The predicted molar refractivity (Wildman–Crippen MR) is 84.2 cm³/mol. The maximum Gasteiger partial charge on any atom is 0.222 e. The number of para-hydroxylation sites is 1. The largest absolute Gasteiger partial charge is 0.496 e. The van der Waals surface area contributed by atoms with Crippen LogP contribution in [0, 0.1) is 11.8 Å². The van der Waals surface area contributed by atoms with Crippen LogP contribution >= 0.6 is 0 Å². The molecule has 1 aliphatic heterocycles. The molecule has 1 aromatic carbocycles. The van der Waals surface area contributed by atoms with E-state index >= 15 is 0 Å². The van der Waals surface area contributed by atoms with E-state index in [0.717, 1.165) is 31.7 Å². The number of carbonyl (C=O) groups is 1. The smallest absolute Gasteiger partial charge is 0.222 e. The van der Waals surface area contributed by atoms with Gasteiger partial charge in [0.25, 0.3) is 0 Å². The quantitative estimate of drug-likeness (QED) is 0.872. The van der Waals surface area contributed by atoms with Crippen molar-refractivity contribution < 1.29 is 9.53 Å². The third-order valence-electron chi connectivity index (χ3n) is 4.26. The van der Waals surface area contributed by atoms with Crippen molar-refractivity contribution in [1.29, 1.82) is 0 Å². The van der Waals surface area contributed by atoms with Crippen molar-refractivity contribution >= 4 is 5.91 Å². The SMILES string of the molecule is COc1ccccc1C[C@H](C)CC(=O)N1CC[C@H](CN)C1. The second-order valence-electron chi connectivity index (χ2n) is 6.06. The zero-order valence-corrected chi connectivity index (χ0v) is 13.0. The molecule has 0 unspecified atom stereocenters. The van der Waals surface area contributed by atoms with Gasteiger partial charge in [0.15, 0.2) is 0 Å². The van der Waals surface area contributed by atoms with Gasteiger partial charge in [0.05, 0.1) is 7.11 Å². The number of nitrogens with two attached hydrogens (primary N) is 1. The summed E-state index contributed by atoms with van der Waals surface area (Å²) in [5.74, 6) is 1.96. The van der Waals surface area contributed by atoms with Crippen LogP contribution in [0.4, 0.5) is 0 Å². The Labute approximate surface area is 127 Å². The van der Waals surface area contributed by atoms with E-state index in [1.54, 1.807) is 7.11 Å². The third-order valence-corrected chi connectivity index (χ3v) is 4.26. The highest BCUT2D eigenvalue weighted by molar-refractivity contribution is 5.76. The maximum atomic E-state index is 12.3. The molecule has 4 nitrogen and oxygen atoms in total. The molecule has 1 heterocycles. The monoisotopic (exact) mass is 290 g/mol. The Bertz CT molecular complexity index is 476. The first kappa shape index (κ1) is 15.8. The second-order valence-corrected chi connectivity index (χ2v) is 6.06. The Balaban J connectivity index is 1.87. The summed E-state index contributed by atoms with van der Waals surface area (Å²) in [4.78, 5) is 14.3. The van der Waals surface area contributed by atoms with E-state index in [9.17, 15) is 4.79 Å². The van der Waals surface area contributed by atoms with Gasteiger partial charge in [-0.25, -0.2) is 0 Å². The average molecular weight is 290 g/mol. The number of likely N-dealkylation sites (tertiary alicyclic amines) is 1. The molecule has 1 aromatic rings. The number of ether oxygens (including phenoxy) is 1. The summed E-state index contributed by atoms with van der Waals surface area (Å²) < 4.78 is 5.37. The van der Waals surface area contributed by atoms with Gasteiger partial charge >= 0.3 is 0 Å². The molecule has 0 aliphatic carbocycles. The summed E-state index contributed by atoms with van der Waals surface area (Å²) in [6.07, 6.45) is 2.50. The van der Waals surface area contributed by atoms with Gasteiger partial charge < -0.3 is 15.4 Å². The molecule has 0 radical (unpaired) electrons. The highest BCUT2D eigenvalue weighted by Gasteiger charge is 2.26. The number of amides is 1. The zero-order chi connectivity index (χ0) is 15.2. The van der Waals surface area contributed by atoms with Crippen LogP contribution in [0.25, 0.3) is 0 Å². The molecule has 4 heteroatoms. The van der Waals surface area contributed by atoms with Crippen LogP contribution in [-0.4, -0.2) is 37.6 Å². The van der Waals surface area contributed by atoms with Gasteiger partial charge in [-0.15, -0.1) is 0 Å². The molecule has 116 valence electrons. The molecule has 1 aliphatic rings. The summed E-state index contributed by atoms with van der Waals surface area (Å²) in [7, 11) is 1.69. The molecule has 0 saturated carbocycles. The minimum atomic E-state index is 0.258. The number of carbonyl (C=O) groups excluding carboxylic acids is 1. The average Bonchev–Trinajstić information content (AvgIpc) is 2.96. The van der Waals surface area contributed by atoms with Crippen LogP contribution in [0.5, 0.6) is 5.75 Å². The first-order valence-corrected chi connectivity index (χ1v) is 7.73. The highest BCUT2D eigenvalue weighted by atomic mass is 16.5. The van der Waals surface area contributed by atoms with Crippen molar-refractivity contribution in [3.8, 4) is 5.75 Å². The normalized spacial score (nSPS) is 19.6. The van der Waals surface area contributed by atoms with Crippen molar-refractivity contribution in [3.63, 3.8) is 0 Å². The number of hydrogen-bond donors (Lipinski definition) is 1. The lowest BCUT2D eigenvalue weighted by atomic mass is 9.97. The van der Waals surface area contributed by atoms with Crippen molar-refractivity contribution in [1.82, 2.24) is 4.90 Å². The topological polar surface area (TPSA) is 55.6 Å². The minimum absolute atomic E-state index is 0.258. The Morgan fingerprint density at radius 2 is 2.24 bits per heavy atom.